The predicted molar refractivity (Wildman–Crippen MR) is 91.2 cm³/mol. The number of nitrogen functional groups attached to an aromatic ring is 2. The Morgan fingerprint density at radius 1 is 1.26 bits per heavy atom. The average molecular weight is 330 g/mol. The fraction of sp³-hybridized carbons (Fsp3) is 0.188. The quantitative estimate of drug-likeness (QED) is 0.782. The Labute approximate surface area is 138 Å². The van der Waals surface area contributed by atoms with Crippen molar-refractivity contribution in [1.82, 2.24) is 9.97 Å². The molecule has 1 aromatic heterocycles. The van der Waals surface area contributed by atoms with Gasteiger partial charge in [0, 0.05) is 27.8 Å². The van der Waals surface area contributed by atoms with Crippen molar-refractivity contribution in [1.29, 1.82) is 0 Å². The highest BCUT2D eigenvalue weighted by Gasteiger charge is 2.34. The number of nitrogens with one attached hydrogen (secondary N) is 1. The first-order valence-corrected chi connectivity index (χ1v) is 7.44. The highest BCUT2D eigenvalue weighted by Crippen LogP contribution is 2.45. The number of fused-ring (bicyclic) bond motifs is 1. The van der Waals surface area contributed by atoms with Gasteiger partial charge in [-0.05, 0) is 25.5 Å². The van der Waals surface area contributed by atoms with E-state index in [2.05, 4.69) is 15.3 Å². The van der Waals surface area contributed by atoms with Crippen molar-refractivity contribution in [3.63, 3.8) is 0 Å². The molecular formula is C16H16ClN5O. The Morgan fingerprint density at radius 2 is 1.96 bits per heavy atom. The zero-order chi connectivity index (χ0) is 16.7. The first kappa shape index (κ1) is 15.3. The molecule has 5 N–H and O–H groups in total. The Kier molecular flexibility index (Phi) is 3.69. The van der Waals surface area contributed by atoms with E-state index in [4.69, 9.17) is 23.1 Å². The highest BCUT2D eigenvalue weighted by molar-refractivity contribution is 6.31. The molecule has 0 saturated carbocycles. The van der Waals surface area contributed by atoms with Crippen molar-refractivity contribution < 1.29 is 4.79 Å². The van der Waals surface area contributed by atoms with Crippen LogP contribution >= 0.6 is 11.6 Å². The van der Waals surface area contributed by atoms with E-state index in [-0.39, 0.29) is 17.5 Å². The fourth-order valence-electron chi connectivity index (χ4n) is 2.98. The van der Waals surface area contributed by atoms with Crippen LogP contribution in [0.5, 0.6) is 0 Å². The van der Waals surface area contributed by atoms with E-state index >= 15 is 0 Å². The number of benzene rings is 1. The first-order valence-electron chi connectivity index (χ1n) is 7.06. The van der Waals surface area contributed by atoms with Gasteiger partial charge in [-0.1, -0.05) is 29.8 Å². The fourth-order valence-corrected chi connectivity index (χ4v) is 3.22. The first-order chi connectivity index (χ1) is 10.9. The molecule has 0 amide bonds. The van der Waals surface area contributed by atoms with Gasteiger partial charge in [0.2, 0.25) is 5.95 Å². The van der Waals surface area contributed by atoms with E-state index in [9.17, 15) is 4.79 Å². The molecule has 3 rings (SSSR count). The van der Waals surface area contributed by atoms with Gasteiger partial charge in [-0.2, -0.15) is 9.97 Å². The van der Waals surface area contributed by atoms with E-state index in [1.165, 1.54) is 6.92 Å². The smallest absolute Gasteiger partial charge is 0.223 e. The van der Waals surface area contributed by atoms with Crippen molar-refractivity contribution >= 4 is 35.0 Å². The maximum absolute atomic E-state index is 12.2. The molecule has 1 aliphatic rings. The molecule has 0 saturated heterocycles. The second-order valence-electron chi connectivity index (χ2n) is 5.40. The number of allylic oxidation sites excluding steroid dienone is 2. The molecule has 1 atom stereocenters. The number of nitrogens with zero attached hydrogens (tertiary/aromatic N) is 2. The van der Waals surface area contributed by atoms with Gasteiger partial charge in [-0.25, -0.2) is 0 Å². The molecule has 7 heteroatoms. The molecule has 2 heterocycles. The number of halogens is 1. The lowest BCUT2D eigenvalue weighted by molar-refractivity contribution is -0.113. The molecule has 0 fully saturated rings. The molecule has 2 aromatic rings. The molecule has 118 valence electrons. The average Bonchev–Trinajstić information content (AvgIpc) is 2.45. The summed E-state index contributed by atoms with van der Waals surface area (Å²) in [6, 6.07) is 7.35. The van der Waals surface area contributed by atoms with Gasteiger partial charge in [-0.15, -0.1) is 0 Å². The molecular weight excluding hydrogens is 314 g/mol. The number of aromatic nitrogens is 2. The summed E-state index contributed by atoms with van der Waals surface area (Å²) in [7, 11) is 0. The van der Waals surface area contributed by atoms with Crippen LogP contribution in [0.25, 0.3) is 0 Å². The summed E-state index contributed by atoms with van der Waals surface area (Å²) in [6.45, 7) is 3.34. The molecule has 23 heavy (non-hydrogen) atoms. The summed E-state index contributed by atoms with van der Waals surface area (Å²) < 4.78 is 0. The standard InChI is InChI=1S/C16H16ClN5O/c1-7-11(8(2)23)12(9-5-3-4-6-10(9)17)13-14(18)21-16(19)22-15(13)20-7/h3-6,12H,1-2H3,(H5,18,19,20,21,22). The van der Waals surface area contributed by atoms with Gasteiger partial charge in [0.1, 0.15) is 11.6 Å². The Hall–Kier alpha value is -2.60. The summed E-state index contributed by atoms with van der Waals surface area (Å²) in [5.41, 5.74) is 14.4. The second-order valence-corrected chi connectivity index (χ2v) is 5.81. The van der Waals surface area contributed by atoms with E-state index in [1.54, 1.807) is 6.07 Å². The molecule has 1 unspecified atom stereocenters. The molecule has 1 aromatic carbocycles. The van der Waals surface area contributed by atoms with Crippen LogP contribution in [0.15, 0.2) is 35.5 Å². The largest absolute Gasteiger partial charge is 0.383 e. The van der Waals surface area contributed by atoms with Gasteiger partial charge in [0.25, 0.3) is 0 Å². The lowest BCUT2D eigenvalue weighted by Gasteiger charge is -2.30. The van der Waals surface area contributed by atoms with E-state index < -0.39 is 5.92 Å². The van der Waals surface area contributed by atoms with Crippen LogP contribution in [0.4, 0.5) is 17.6 Å². The Balaban J connectivity index is 2.34. The van der Waals surface area contributed by atoms with E-state index in [0.29, 0.717) is 27.7 Å². The summed E-state index contributed by atoms with van der Waals surface area (Å²) in [5, 5.41) is 3.65. The Bertz CT molecular complexity index is 846. The monoisotopic (exact) mass is 329 g/mol. The van der Waals surface area contributed by atoms with Crippen LogP contribution in [-0.2, 0) is 4.79 Å². The SMILES string of the molecule is CC(=O)C1=C(C)Nc2nc(N)nc(N)c2C1c1ccccc1Cl. The number of carbonyl (C=O) groups excluding carboxylic acids is 1. The minimum Gasteiger partial charge on any atom is -0.383 e. The third-order valence-electron chi connectivity index (χ3n) is 3.88. The molecule has 1 aliphatic heterocycles. The van der Waals surface area contributed by atoms with Gasteiger partial charge in [0.05, 0.1) is 0 Å². The number of ketones is 1. The number of carbonyl (C=O) groups is 1. The van der Waals surface area contributed by atoms with Gasteiger partial charge >= 0.3 is 0 Å². The zero-order valence-electron chi connectivity index (χ0n) is 12.7. The van der Waals surface area contributed by atoms with Crippen molar-refractivity contribution in [2.24, 2.45) is 0 Å². The van der Waals surface area contributed by atoms with Gasteiger partial charge in [-0.3, -0.25) is 4.79 Å². The summed E-state index contributed by atoms with van der Waals surface area (Å²) in [4.78, 5) is 20.5. The third-order valence-corrected chi connectivity index (χ3v) is 4.22. The van der Waals surface area contributed by atoms with Crippen LogP contribution in [-0.4, -0.2) is 15.8 Å². The van der Waals surface area contributed by atoms with Crippen LogP contribution < -0.4 is 16.8 Å². The maximum Gasteiger partial charge on any atom is 0.223 e. The number of anilines is 3. The van der Waals surface area contributed by atoms with E-state index in [0.717, 1.165) is 5.56 Å². The molecule has 0 bridgehead atoms. The molecule has 0 radical (unpaired) electrons. The van der Waals surface area contributed by atoms with Crippen molar-refractivity contribution in [3.8, 4) is 0 Å². The van der Waals surface area contributed by atoms with Crippen LogP contribution in [0.1, 0.15) is 30.9 Å². The topological polar surface area (TPSA) is 107 Å². The minimum absolute atomic E-state index is 0.0678. The summed E-state index contributed by atoms with van der Waals surface area (Å²) in [5.74, 6) is 0.309. The predicted octanol–water partition coefficient (Wildman–Crippen LogP) is 2.71. The second kappa shape index (κ2) is 5.55. The number of hydrogen-bond donors (Lipinski definition) is 3. The lowest BCUT2D eigenvalue weighted by atomic mass is 9.80. The molecule has 0 aliphatic carbocycles. The van der Waals surface area contributed by atoms with Crippen molar-refractivity contribution in [2.75, 3.05) is 16.8 Å². The minimum atomic E-state index is -0.432. The zero-order valence-corrected chi connectivity index (χ0v) is 13.5. The van der Waals surface area contributed by atoms with Crippen LogP contribution in [0.2, 0.25) is 5.02 Å². The number of Topliss-reactive ketones (excluding diaryl/α,β-unsaturated/α-hetero) is 1. The number of hydrogen-bond acceptors (Lipinski definition) is 6. The summed E-state index contributed by atoms with van der Waals surface area (Å²) in [6.07, 6.45) is 0. The highest BCUT2D eigenvalue weighted by atomic mass is 35.5. The van der Waals surface area contributed by atoms with Crippen molar-refractivity contribution in [3.05, 3.63) is 51.7 Å². The normalized spacial score (nSPS) is 16.7. The summed E-state index contributed by atoms with van der Waals surface area (Å²) >= 11 is 6.36. The van der Waals surface area contributed by atoms with Crippen molar-refractivity contribution in [2.45, 2.75) is 19.8 Å². The number of rotatable bonds is 2. The third kappa shape index (κ3) is 2.51. The maximum atomic E-state index is 12.2. The van der Waals surface area contributed by atoms with Gasteiger partial charge < -0.3 is 16.8 Å². The number of nitrogens with two attached hydrogens (primary N) is 2. The van der Waals surface area contributed by atoms with Crippen LogP contribution in [0, 0.1) is 0 Å². The molecule has 0 spiro atoms. The lowest BCUT2D eigenvalue weighted by Crippen LogP contribution is -2.25. The Morgan fingerprint density at radius 3 is 2.61 bits per heavy atom. The van der Waals surface area contributed by atoms with Crippen LogP contribution in [0.3, 0.4) is 0 Å². The van der Waals surface area contributed by atoms with E-state index in [1.807, 2.05) is 25.1 Å². The molecule has 6 nitrogen and oxygen atoms in total. The van der Waals surface area contributed by atoms with Gasteiger partial charge in [0.15, 0.2) is 5.78 Å².